The first-order valence-corrected chi connectivity index (χ1v) is 11.4. The van der Waals surface area contributed by atoms with Crippen molar-refractivity contribution in [3.63, 3.8) is 0 Å². The molecule has 0 amide bonds. The van der Waals surface area contributed by atoms with Crippen molar-refractivity contribution in [2.45, 2.75) is 96.8 Å². The highest BCUT2D eigenvalue weighted by Crippen LogP contribution is 2.10. The molecule has 146 valence electrons. The van der Waals surface area contributed by atoms with Crippen molar-refractivity contribution in [3.8, 4) is 0 Å². The van der Waals surface area contributed by atoms with Crippen LogP contribution in [0.4, 0.5) is 0 Å². The summed E-state index contributed by atoms with van der Waals surface area (Å²) in [4.78, 5) is 0. The predicted molar refractivity (Wildman–Crippen MR) is 104 cm³/mol. The minimum atomic E-state index is -3.67. The molecule has 0 bridgehead atoms. The maximum absolute atomic E-state index is 9.19. The van der Waals surface area contributed by atoms with Gasteiger partial charge in [0.1, 0.15) is 0 Å². The van der Waals surface area contributed by atoms with Crippen molar-refractivity contribution in [2.75, 3.05) is 12.9 Å². The highest BCUT2D eigenvalue weighted by atomic mass is 32.2. The number of allylic oxidation sites excluding steroid dienone is 2. The van der Waals surface area contributed by atoms with Crippen LogP contribution in [0.15, 0.2) is 12.2 Å². The number of hydrogen-bond acceptors (Lipinski definition) is 3. The molecule has 0 fully saturated rings. The van der Waals surface area contributed by atoms with Gasteiger partial charge in [-0.3, -0.25) is 4.55 Å². The minimum Gasteiger partial charge on any atom is -0.396 e. The van der Waals surface area contributed by atoms with Crippen LogP contribution >= 0.6 is 0 Å². The molecular formula is C19H40O4S. The lowest BCUT2D eigenvalue weighted by Crippen LogP contribution is -1.88. The van der Waals surface area contributed by atoms with Crippen molar-refractivity contribution in [1.29, 1.82) is 0 Å². The van der Waals surface area contributed by atoms with E-state index in [1.54, 1.807) is 0 Å². The summed E-state index contributed by atoms with van der Waals surface area (Å²) in [5.74, 6) is 0. The van der Waals surface area contributed by atoms with Crippen LogP contribution in [0.3, 0.4) is 0 Å². The summed E-state index contributed by atoms with van der Waals surface area (Å²) in [5.41, 5.74) is 0. The fraction of sp³-hybridized carbons (Fsp3) is 0.895. The van der Waals surface area contributed by atoms with Crippen molar-refractivity contribution >= 4 is 10.1 Å². The summed E-state index contributed by atoms with van der Waals surface area (Å²) in [5, 5.41) is 8.66. The lowest BCUT2D eigenvalue weighted by molar-refractivity contribution is 0.282. The number of rotatable bonds is 15. The molecule has 5 heteroatoms. The zero-order valence-electron chi connectivity index (χ0n) is 15.9. The molecule has 0 atom stereocenters. The Morgan fingerprint density at radius 1 is 0.708 bits per heavy atom. The number of aliphatic hydroxyl groups excluding tert-OH is 1. The van der Waals surface area contributed by atoms with Gasteiger partial charge in [-0.05, 0) is 32.1 Å². The van der Waals surface area contributed by atoms with Crippen LogP contribution in [0.2, 0.25) is 0 Å². The third-order valence-electron chi connectivity index (χ3n) is 3.67. The van der Waals surface area contributed by atoms with Crippen molar-refractivity contribution in [3.05, 3.63) is 12.2 Å². The van der Waals surface area contributed by atoms with Gasteiger partial charge in [-0.1, -0.05) is 76.9 Å². The number of hydrogen-bond donors (Lipinski definition) is 2. The molecule has 4 nitrogen and oxygen atoms in total. The summed E-state index contributed by atoms with van der Waals surface area (Å²) >= 11 is 0. The SMILES string of the molecule is CCCCCCC=CCCCCCCCCCCO.CS(=O)(=O)O. The first-order valence-electron chi connectivity index (χ1n) is 9.60. The van der Waals surface area contributed by atoms with Crippen molar-refractivity contribution in [2.24, 2.45) is 0 Å². The molecule has 0 unspecified atom stereocenters. The molecule has 2 N–H and O–H groups in total. The van der Waals surface area contributed by atoms with Gasteiger partial charge in [-0.25, -0.2) is 0 Å². The van der Waals surface area contributed by atoms with Gasteiger partial charge in [-0.15, -0.1) is 0 Å². The first-order chi connectivity index (χ1) is 11.4. The largest absolute Gasteiger partial charge is 0.396 e. The molecule has 0 spiro atoms. The third kappa shape index (κ3) is 37.7. The van der Waals surface area contributed by atoms with E-state index in [9.17, 15) is 8.42 Å². The molecule has 0 aliphatic carbocycles. The molecule has 24 heavy (non-hydrogen) atoms. The van der Waals surface area contributed by atoms with Crippen LogP contribution in [-0.2, 0) is 10.1 Å². The molecule has 0 saturated heterocycles. The first kappa shape index (κ1) is 25.8. The second-order valence-corrected chi connectivity index (χ2v) is 7.86. The standard InChI is InChI=1S/C18H36O.CH4O3S/c1-2-3-4-5-6-7-8-9-10-11-12-13-14-15-16-17-18-19;1-5(2,3)4/h7-8,19H,2-6,9-18H2,1H3;1H3,(H,2,3,4). The predicted octanol–water partition coefficient (Wildman–Crippen LogP) is 5.52. The van der Waals surface area contributed by atoms with Crippen LogP contribution in [0.1, 0.15) is 96.8 Å². The van der Waals surface area contributed by atoms with Gasteiger partial charge in [0.2, 0.25) is 0 Å². The maximum atomic E-state index is 9.19. The highest BCUT2D eigenvalue weighted by molar-refractivity contribution is 7.85. The lowest BCUT2D eigenvalue weighted by atomic mass is 10.1. The molecule has 0 saturated carbocycles. The Morgan fingerprint density at radius 2 is 1.04 bits per heavy atom. The average Bonchev–Trinajstić information content (AvgIpc) is 2.49. The van der Waals surface area contributed by atoms with Gasteiger partial charge < -0.3 is 5.11 Å². The molecule has 0 aliphatic rings. The van der Waals surface area contributed by atoms with Crippen LogP contribution in [0, 0.1) is 0 Å². The zero-order valence-corrected chi connectivity index (χ0v) is 16.7. The van der Waals surface area contributed by atoms with Gasteiger partial charge in [0.05, 0.1) is 6.26 Å². The molecule has 0 aromatic carbocycles. The molecule has 0 heterocycles. The van der Waals surface area contributed by atoms with Crippen molar-refractivity contribution in [1.82, 2.24) is 0 Å². The Morgan fingerprint density at radius 3 is 1.42 bits per heavy atom. The number of unbranched alkanes of at least 4 members (excludes halogenated alkanes) is 12. The molecule has 0 rings (SSSR count). The van der Waals surface area contributed by atoms with Crippen LogP contribution in [0.25, 0.3) is 0 Å². The second-order valence-electron chi connectivity index (χ2n) is 6.39. The normalized spacial score (nSPS) is 11.5. The van der Waals surface area contributed by atoms with Crippen LogP contribution < -0.4 is 0 Å². The molecule has 0 aliphatic heterocycles. The van der Waals surface area contributed by atoms with E-state index >= 15 is 0 Å². The summed E-state index contributed by atoms with van der Waals surface area (Å²) in [6.45, 7) is 2.63. The Hall–Kier alpha value is -0.390. The molecule has 0 aromatic heterocycles. The van der Waals surface area contributed by atoms with Gasteiger partial charge in [0, 0.05) is 6.61 Å². The Bertz CT molecular complexity index is 342. The van der Waals surface area contributed by atoms with Gasteiger partial charge in [0.25, 0.3) is 10.1 Å². The van der Waals surface area contributed by atoms with Gasteiger partial charge in [-0.2, -0.15) is 8.42 Å². The van der Waals surface area contributed by atoms with E-state index in [2.05, 4.69) is 19.1 Å². The maximum Gasteiger partial charge on any atom is 0.261 e. The fourth-order valence-corrected chi connectivity index (χ4v) is 2.36. The topological polar surface area (TPSA) is 74.6 Å². The Labute approximate surface area is 150 Å². The molecular weight excluding hydrogens is 324 g/mol. The highest BCUT2D eigenvalue weighted by Gasteiger charge is 1.91. The average molecular weight is 365 g/mol. The second kappa shape index (κ2) is 20.7. The van der Waals surface area contributed by atoms with Gasteiger partial charge in [0.15, 0.2) is 0 Å². The van der Waals surface area contributed by atoms with E-state index in [1.807, 2.05) is 0 Å². The van der Waals surface area contributed by atoms with E-state index in [-0.39, 0.29) is 0 Å². The lowest BCUT2D eigenvalue weighted by Gasteiger charge is -2.00. The summed E-state index contributed by atoms with van der Waals surface area (Å²) < 4.78 is 25.9. The summed E-state index contributed by atoms with van der Waals surface area (Å²) in [6.07, 6.45) is 23.9. The van der Waals surface area contributed by atoms with Crippen LogP contribution in [0.5, 0.6) is 0 Å². The molecule has 0 radical (unpaired) electrons. The van der Waals surface area contributed by atoms with E-state index in [4.69, 9.17) is 9.66 Å². The quantitative estimate of drug-likeness (QED) is 0.228. The minimum absolute atomic E-state index is 0.366. The molecule has 0 aromatic rings. The summed E-state index contributed by atoms with van der Waals surface area (Å²) in [7, 11) is -3.67. The van der Waals surface area contributed by atoms with E-state index in [1.165, 1.54) is 83.5 Å². The van der Waals surface area contributed by atoms with Crippen molar-refractivity contribution < 1.29 is 18.1 Å². The monoisotopic (exact) mass is 364 g/mol. The zero-order chi connectivity index (χ0) is 18.5. The number of aliphatic hydroxyl groups is 1. The third-order valence-corrected chi connectivity index (χ3v) is 3.67. The smallest absolute Gasteiger partial charge is 0.261 e. The Balaban J connectivity index is 0. The van der Waals surface area contributed by atoms with Gasteiger partial charge >= 0.3 is 0 Å². The van der Waals surface area contributed by atoms with Crippen LogP contribution in [-0.4, -0.2) is 30.9 Å². The Kier molecular flexibility index (Phi) is 22.2. The van der Waals surface area contributed by atoms with E-state index in [0.29, 0.717) is 12.9 Å². The summed E-state index contributed by atoms with van der Waals surface area (Å²) in [6, 6.07) is 0. The van der Waals surface area contributed by atoms with E-state index < -0.39 is 10.1 Å². The fourth-order valence-electron chi connectivity index (χ4n) is 2.36. The van der Waals surface area contributed by atoms with E-state index in [0.717, 1.165) is 6.42 Å².